The molecule has 0 unspecified atom stereocenters. The molecule has 1 aromatic heterocycles. The van der Waals surface area contributed by atoms with Gasteiger partial charge < -0.3 is 19.7 Å². The molecular weight excluding hydrogens is 371 g/mol. The molecule has 3 aromatic rings. The van der Waals surface area contributed by atoms with Gasteiger partial charge in [0.05, 0.1) is 18.1 Å². The zero-order valence-electron chi connectivity index (χ0n) is 16.0. The van der Waals surface area contributed by atoms with Crippen LogP contribution in [-0.2, 0) is 6.54 Å². The van der Waals surface area contributed by atoms with Crippen LogP contribution in [-0.4, -0.2) is 30.2 Å². The number of anilines is 1. The van der Waals surface area contributed by atoms with Gasteiger partial charge in [0.25, 0.3) is 5.91 Å². The summed E-state index contributed by atoms with van der Waals surface area (Å²) < 4.78 is 20.0. The first-order valence-corrected chi connectivity index (χ1v) is 9.74. The molecular formula is C23H23FN2O3. The number of aliphatic hydroxyl groups excluding tert-OH is 1. The van der Waals surface area contributed by atoms with Crippen LogP contribution in [0.1, 0.15) is 29.0 Å². The summed E-state index contributed by atoms with van der Waals surface area (Å²) in [5.74, 6) is -0.431. The molecule has 0 atom stereocenters. The summed E-state index contributed by atoms with van der Waals surface area (Å²) in [5, 5.41) is 12.4. The van der Waals surface area contributed by atoms with E-state index >= 15 is 0 Å². The molecule has 1 fully saturated rings. The molecule has 29 heavy (non-hydrogen) atoms. The van der Waals surface area contributed by atoms with Gasteiger partial charge in [0.1, 0.15) is 5.82 Å². The van der Waals surface area contributed by atoms with Gasteiger partial charge in [0.2, 0.25) is 0 Å². The van der Waals surface area contributed by atoms with Crippen molar-refractivity contribution in [2.45, 2.75) is 25.5 Å². The van der Waals surface area contributed by atoms with Crippen molar-refractivity contribution in [1.82, 2.24) is 5.32 Å². The van der Waals surface area contributed by atoms with Gasteiger partial charge >= 0.3 is 0 Å². The number of carbonyl (C=O) groups excluding carboxylic acids is 1. The average Bonchev–Trinajstić information content (AvgIpc) is 3.24. The maximum absolute atomic E-state index is 14.6. The summed E-state index contributed by atoms with van der Waals surface area (Å²) >= 11 is 0. The number of amides is 1. The molecule has 0 bridgehead atoms. The predicted octanol–water partition coefficient (Wildman–Crippen LogP) is 3.98. The monoisotopic (exact) mass is 394 g/mol. The molecule has 1 aliphatic rings. The van der Waals surface area contributed by atoms with Crippen molar-refractivity contribution in [3.05, 3.63) is 78.0 Å². The second kappa shape index (κ2) is 8.49. The van der Waals surface area contributed by atoms with Crippen molar-refractivity contribution < 1.29 is 18.7 Å². The molecule has 2 N–H and O–H groups in total. The number of piperidine rings is 1. The fourth-order valence-electron chi connectivity index (χ4n) is 3.62. The summed E-state index contributed by atoms with van der Waals surface area (Å²) in [6, 6.07) is 16.3. The number of halogens is 1. The summed E-state index contributed by atoms with van der Waals surface area (Å²) in [6.45, 7) is 1.47. The minimum absolute atomic E-state index is 0.198. The molecule has 6 heteroatoms. The van der Waals surface area contributed by atoms with E-state index in [9.17, 15) is 14.3 Å². The van der Waals surface area contributed by atoms with E-state index in [-0.39, 0.29) is 30.1 Å². The van der Waals surface area contributed by atoms with Crippen LogP contribution in [0, 0.1) is 5.82 Å². The lowest BCUT2D eigenvalue weighted by Crippen LogP contribution is -2.36. The van der Waals surface area contributed by atoms with Crippen LogP contribution in [0.5, 0.6) is 0 Å². The summed E-state index contributed by atoms with van der Waals surface area (Å²) in [5.41, 5.74) is 2.82. The average molecular weight is 394 g/mol. The van der Waals surface area contributed by atoms with E-state index in [1.165, 1.54) is 12.3 Å². The van der Waals surface area contributed by atoms with E-state index in [2.05, 4.69) is 5.32 Å². The molecule has 0 aliphatic carbocycles. The predicted molar refractivity (Wildman–Crippen MR) is 109 cm³/mol. The molecule has 1 aliphatic heterocycles. The van der Waals surface area contributed by atoms with Gasteiger partial charge in [-0.05, 0) is 42.2 Å². The molecule has 0 saturated carbocycles. The molecule has 1 amide bonds. The van der Waals surface area contributed by atoms with Gasteiger partial charge in [0.15, 0.2) is 5.76 Å². The number of rotatable bonds is 5. The highest BCUT2D eigenvalue weighted by Crippen LogP contribution is 2.26. The first-order chi connectivity index (χ1) is 14.1. The number of benzene rings is 2. The summed E-state index contributed by atoms with van der Waals surface area (Å²) in [4.78, 5) is 14.5. The Morgan fingerprint density at radius 3 is 2.62 bits per heavy atom. The topological polar surface area (TPSA) is 65.7 Å². The molecule has 4 rings (SSSR count). The van der Waals surface area contributed by atoms with Crippen molar-refractivity contribution in [3.8, 4) is 11.1 Å². The van der Waals surface area contributed by atoms with Gasteiger partial charge in [-0.1, -0.05) is 36.4 Å². The number of nitrogens with zero attached hydrogens (tertiary/aromatic N) is 1. The van der Waals surface area contributed by atoms with Crippen LogP contribution in [0.25, 0.3) is 11.1 Å². The van der Waals surface area contributed by atoms with E-state index in [4.69, 9.17) is 4.42 Å². The van der Waals surface area contributed by atoms with E-state index in [0.717, 1.165) is 11.1 Å². The van der Waals surface area contributed by atoms with Crippen molar-refractivity contribution in [2.24, 2.45) is 0 Å². The maximum atomic E-state index is 14.6. The number of hydrogen-bond acceptors (Lipinski definition) is 4. The van der Waals surface area contributed by atoms with Gasteiger partial charge in [-0.15, -0.1) is 0 Å². The van der Waals surface area contributed by atoms with Crippen LogP contribution < -0.4 is 10.2 Å². The summed E-state index contributed by atoms with van der Waals surface area (Å²) in [7, 11) is 0. The van der Waals surface area contributed by atoms with Crippen LogP contribution >= 0.6 is 0 Å². The van der Waals surface area contributed by atoms with E-state index < -0.39 is 0 Å². The number of furan rings is 1. The Labute approximate surface area is 168 Å². The second-order valence-electron chi connectivity index (χ2n) is 7.22. The van der Waals surface area contributed by atoms with Crippen molar-refractivity contribution >= 4 is 11.6 Å². The smallest absolute Gasteiger partial charge is 0.287 e. The van der Waals surface area contributed by atoms with Gasteiger partial charge in [-0.3, -0.25) is 4.79 Å². The van der Waals surface area contributed by atoms with E-state index in [1.807, 2.05) is 41.3 Å². The third-order valence-electron chi connectivity index (χ3n) is 5.23. The Bertz CT molecular complexity index is 979. The van der Waals surface area contributed by atoms with Crippen LogP contribution in [0.3, 0.4) is 0 Å². The largest absolute Gasteiger partial charge is 0.459 e. The zero-order chi connectivity index (χ0) is 20.2. The minimum atomic E-state index is -0.344. The highest BCUT2D eigenvalue weighted by atomic mass is 19.1. The highest BCUT2D eigenvalue weighted by molar-refractivity contribution is 5.98. The van der Waals surface area contributed by atoms with Gasteiger partial charge in [-0.25, -0.2) is 4.39 Å². The first kappa shape index (κ1) is 19.2. The molecule has 2 aromatic carbocycles. The normalized spacial score (nSPS) is 14.8. The zero-order valence-corrected chi connectivity index (χ0v) is 16.0. The molecule has 1 saturated heterocycles. The Morgan fingerprint density at radius 2 is 1.90 bits per heavy atom. The minimum Gasteiger partial charge on any atom is -0.459 e. The third-order valence-corrected chi connectivity index (χ3v) is 5.23. The first-order valence-electron chi connectivity index (χ1n) is 9.74. The Hall–Kier alpha value is -3.12. The Morgan fingerprint density at radius 1 is 1.14 bits per heavy atom. The van der Waals surface area contributed by atoms with Crippen LogP contribution in [0.15, 0.2) is 65.3 Å². The van der Waals surface area contributed by atoms with Crippen molar-refractivity contribution in [1.29, 1.82) is 0 Å². The molecule has 2 heterocycles. The SMILES string of the molecule is O=C(NCc1ccc(N2CCC(O)CC2)c(F)c1)c1occc1-c1ccccc1. The second-order valence-corrected chi connectivity index (χ2v) is 7.22. The molecule has 5 nitrogen and oxygen atoms in total. The van der Waals surface area contributed by atoms with Crippen molar-refractivity contribution in [3.63, 3.8) is 0 Å². The number of aliphatic hydroxyl groups is 1. The van der Waals surface area contributed by atoms with E-state index in [0.29, 0.717) is 37.2 Å². The lowest BCUT2D eigenvalue weighted by atomic mass is 10.1. The van der Waals surface area contributed by atoms with Crippen LogP contribution in [0.4, 0.5) is 10.1 Å². The highest BCUT2D eigenvalue weighted by Gasteiger charge is 2.20. The van der Waals surface area contributed by atoms with Gasteiger partial charge in [0, 0.05) is 25.2 Å². The number of carbonyl (C=O) groups is 1. The lowest BCUT2D eigenvalue weighted by Gasteiger charge is -2.31. The molecule has 0 spiro atoms. The van der Waals surface area contributed by atoms with Gasteiger partial charge in [-0.2, -0.15) is 0 Å². The van der Waals surface area contributed by atoms with Crippen LogP contribution in [0.2, 0.25) is 0 Å². The lowest BCUT2D eigenvalue weighted by molar-refractivity contribution is 0.0924. The fourth-order valence-corrected chi connectivity index (χ4v) is 3.62. The third kappa shape index (κ3) is 4.32. The quantitative estimate of drug-likeness (QED) is 0.687. The Balaban J connectivity index is 1.42. The maximum Gasteiger partial charge on any atom is 0.287 e. The Kier molecular flexibility index (Phi) is 5.62. The molecule has 150 valence electrons. The van der Waals surface area contributed by atoms with Crippen molar-refractivity contribution in [2.75, 3.05) is 18.0 Å². The summed E-state index contributed by atoms with van der Waals surface area (Å²) in [6.07, 6.45) is 2.47. The fraction of sp³-hybridized carbons (Fsp3) is 0.261. The number of hydrogen-bond donors (Lipinski definition) is 2. The number of nitrogens with one attached hydrogen (secondary N) is 1. The molecule has 0 radical (unpaired) electrons. The standard InChI is InChI=1S/C23H23FN2O3/c24-20-14-16(6-7-21(20)26-11-8-18(27)9-12-26)15-25-23(28)22-19(10-13-29-22)17-4-2-1-3-5-17/h1-7,10,13-14,18,27H,8-9,11-12,15H2,(H,25,28). The van der Waals surface area contributed by atoms with E-state index in [1.54, 1.807) is 12.1 Å².